The van der Waals surface area contributed by atoms with Crippen molar-refractivity contribution < 1.29 is 17.9 Å². The molecule has 26 heavy (non-hydrogen) atoms. The van der Waals surface area contributed by atoms with Gasteiger partial charge in [-0.3, -0.25) is 4.79 Å². The number of aryl methyl sites for hydroxylation is 1. The number of benzene rings is 2. The first-order chi connectivity index (χ1) is 12.1. The Kier molecular flexibility index (Phi) is 6.05. The van der Waals surface area contributed by atoms with Gasteiger partial charge in [-0.15, -0.1) is 0 Å². The van der Waals surface area contributed by atoms with Gasteiger partial charge >= 0.3 is 0 Å². The summed E-state index contributed by atoms with van der Waals surface area (Å²) in [4.78, 5) is 12.6. The van der Waals surface area contributed by atoms with E-state index in [9.17, 15) is 13.2 Å². The minimum absolute atomic E-state index is 0.158. The molecule has 0 saturated carbocycles. The Morgan fingerprint density at radius 3 is 2.27 bits per heavy atom. The molecule has 0 aliphatic rings. The van der Waals surface area contributed by atoms with Crippen LogP contribution in [-0.2, 0) is 21.2 Å². The van der Waals surface area contributed by atoms with Crippen molar-refractivity contribution in [3.8, 4) is 5.75 Å². The fraction of sp³-hybridized carbons (Fsp3) is 0.316. The lowest BCUT2D eigenvalue weighted by atomic mass is 10.1. The molecule has 0 unspecified atom stereocenters. The highest BCUT2D eigenvalue weighted by Gasteiger charge is 2.20. The average molecular weight is 376 g/mol. The van der Waals surface area contributed by atoms with Crippen molar-refractivity contribution in [2.75, 3.05) is 26.5 Å². The second-order valence-corrected chi connectivity index (χ2v) is 8.43. The molecule has 0 spiro atoms. The minimum atomic E-state index is -3.57. The molecule has 1 N–H and O–H groups in total. The van der Waals surface area contributed by atoms with E-state index >= 15 is 0 Å². The summed E-state index contributed by atoms with van der Waals surface area (Å²) in [5, 5.41) is 2.83. The summed E-state index contributed by atoms with van der Waals surface area (Å²) in [5.41, 5.74) is 2.98. The molecule has 0 radical (unpaired) electrons. The summed E-state index contributed by atoms with van der Waals surface area (Å²) in [6, 6.07) is 10.4. The van der Waals surface area contributed by atoms with E-state index < -0.39 is 10.0 Å². The molecule has 0 fully saturated rings. The lowest BCUT2D eigenvalue weighted by Crippen LogP contribution is -2.23. The number of carbonyl (C=O) groups is 1. The van der Waals surface area contributed by atoms with Crippen LogP contribution in [0.25, 0.3) is 0 Å². The molecule has 2 aromatic carbocycles. The van der Waals surface area contributed by atoms with Gasteiger partial charge in [0.1, 0.15) is 5.75 Å². The van der Waals surface area contributed by atoms with E-state index in [0.717, 1.165) is 26.7 Å². The first kappa shape index (κ1) is 19.9. The van der Waals surface area contributed by atoms with Crippen molar-refractivity contribution in [2.24, 2.45) is 0 Å². The molecule has 1 amide bonds. The number of amides is 1. The average Bonchev–Trinajstić information content (AvgIpc) is 2.59. The normalized spacial score (nSPS) is 11.5. The van der Waals surface area contributed by atoms with Crippen molar-refractivity contribution in [3.63, 3.8) is 0 Å². The zero-order chi connectivity index (χ0) is 19.5. The van der Waals surface area contributed by atoms with Crippen LogP contribution in [-0.4, -0.2) is 39.8 Å². The lowest BCUT2D eigenvalue weighted by molar-refractivity contribution is -0.115. The Morgan fingerprint density at radius 2 is 1.73 bits per heavy atom. The number of hydrogen-bond acceptors (Lipinski definition) is 4. The molecule has 0 saturated heterocycles. The summed E-state index contributed by atoms with van der Waals surface area (Å²) in [6.07, 6.45) is 0.188. The SMILES string of the molecule is COc1ccc(CC(=O)Nc2cc(S(=O)(=O)N(C)C)cc(C)c2C)cc1. The van der Waals surface area contributed by atoms with E-state index in [-0.39, 0.29) is 17.2 Å². The van der Waals surface area contributed by atoms with Crippen molar-refractivity contribution in [2.45, 2.75) is 25.2 Å². The molecule has 140 valence electrons. The fourth-order valence-electron chi connectivity index (χ4n) is 2.44. The maximum Gasteiger partial charge on any atom is 0.242 e. The molecule has 0 bridgehead atoms. The minimum Gasteiger partial charge on any atom is -0.497 e. The van der Waals surface area contributed by atoms with Crippen molar-refractivity contribution >= 4 is 21.6 Å². The van der Waals surface area contributed by atoms with E-state index in [4.69, 9.17) is 4.74 Å². The van der Waals surface area contributed by atoms with E-state index in [0.29, 0.717) is 5.69 Å². The monoisotopic (exact) mass is 376 g/mol. The molecule has 0 aliphatic carbocycles. The van der Waals surface area contributed by atoms with Crippen molar-refractivity contribution in [1.29, 1.82) is 0 Å². The Morgan fingerprint density at radius 1 is 1.12 bits per heavy atom. The molecule has 0 aromatic heterocycles. The Labute approximate surface area is 154 Å². The van der Waals surface area contributed by atoms with Gasteiger partial charge in [0.05, 0.1) is 18.4 Å². The molecular weight excluding hydrogens is 352 g/mol. The number of sulfonamides is 1. The second-order valence-electron chi connectivity index (χ2n) is 6.27. The van der Waals surface area contributed by atoms with Crippen LogP contribution >= 0.6 is 0 Å². The van der Waals surface area contributed by atoms with Crippen LogP contribution in [0.3, 0.4) is 0 Å². The number of ether oxygens (including phenoxy) is 1. The summed E-state index contributed by atoms with van der Waals surface area (Å²) in [7, 11) is 0.969. The van der Waals surface area contributed by atoms with Gasteiger partial charge in [0, 0.05) is 19.8 Å². The molecule has 6 nitrogen and oxygen atoms in total. The van der Waals surface area contributed by atoms with Crippen molar-refractivity contribution in [3.05, 3.63) is 53.1 Å². The van der Waals surface area contributed by atoms with Crippen LogP contribution < -0.4 is 10.1 Å². The molecule has 2 aromatic rings. The number of rotatable bonds is 6. The third-order valence-electron chi connectivity index (χ3n) is 4.22. The van der Waals surface area contributed by atoms with Gasteiger partial charge in [0.25, 0.3) is 0 Å². The number of hydrogen-bond donors (Lipinski definition) is 1. The number of nitrogens with zero attached hydrogens (tertiary/aromatic N) is 1. The summed E-state index contributed by atoms with van der Waals surface area (Å²) in [5.74, 6) is 0.513. The third-order valence-corrected chi connectivity index (χ3v) is 6.01. The molecule has 0 heterocycles. The van der Waals surface area contributed by atoms with Gasteiger partial charge in [-0.2, -0.15) is 0 Å². The number of carbonyl (C=O) groups excluding carboxylic acids is 1. The third kappa shape index (κ3) is 4.42. The first-order valence-electron chi connectivity index (χ1n) is 8.11. The highest BCUT2D eigenvalue weighted by atomic mass is 32.2. The quantitative estimate of drug-likeness (QED) is 0.841. The topological polar surface area (TPSA) is 75.7 Å². The van der Waals surface area contributed by atoms with Gasteiger partial charge in [0.2, 0.25) is 15.9 Å². The highest BCUT2D eigenvalue weighted by Crippen LogP contribution is 2.25. The fourth-order valence-corrected chi connectivity index (χ4v) is 3.45. The van der Waals surface area contributed by atoms with E-state index in [1.807, 2.05) is 26.0 Å². The molecular formula is C19H24N2O4S. The van der Waals surface area contributed by atoms with E-state index in [2.05, 4.69) is 5.32 Å². The Balaban J connectivity index is 2.24. The molecule has 7 heteroatoms. The van der Waals surface area contributed by atoms with Crippen LogP contribution in [0, 0.1) is 13.8 Å². The summed E-state index contributed by atoms with van der Waals surface area (Å²) in [6.45, 7) is 3.67. The first-order valence-corrected chi connectivity index (χ1v) is 9.55. The van der Waals surface area contributed by atoms with Crippen LogP contribution in [0.15, 0.2) is 41.3 Å². The van der Waals surface area contributed by atoms with E-state index in [1.165, 1.54) is 20.2 Å². The van der Waals surface area contributed by atoms with Gasteiger partial charge < -0.3 is 10.1 Å². The van der Waals surface area contributed by atoms with Crippen LogP contribution in [0.4, 0.5) is 5.69 Å². The number of anilines is 1. The second kappa shape index (κ2) is 7.88. The van der Waals surface area contributed by atoms with Crippen LogP contribution in [0.2, 0.25) is 0 Å². The predicted octanol–water partition coefficient (Wildman–Crippen LogP) is 2.74. The standard InChI is InChI=1S/C19H24N2O4S/c1-13-10-17(26(23,24)21(3)4)12-18(14(13)2)20-19(22)11-15-6-8-16(25-5)9-7-15/h6-10,12H,11H2,1-5H3,(H,20,22). The van der Waals surface area contributed by atoms with Crippen molar-refractivity contribution in [1.82, 2.24) is 4.31 Å². The Hall–Kier alpha value is -2.38. The highest BCUT2D eigenvalue weighted by molar-refractivity contribution is 7.89. The number of methoxy groups -OCH3 is 1. The summed E-state index contributed by atoms with van der Waals surface area (Å²) < 4.78 is 31.0. The summed E-state index contributed by atoms with van der Waals surface area (Å²) >= 11 is 0. The smallest absolute Gasteiger partial charge is 0.242 e. The van der Waals surface area contributed by atoms with E-state index in [1.54, 1.807) is 25.3 Å². The molecule has 0 atom stereocenters. The van der Waals surface area contributed by atoms with Crippen LogP contribution in [0.1, 0.15) is 16.7 Å². The maximum atomic E-state index is 12.4. The van der Waals surface area contributed by atoms with Gasteiger partial charge in [-0.25, -0.2) is 12.7 Å². The zero-order valence-corrected chi connectivity index (χ0v) is 16.5. The predicted molar refractivity (Wildman–Crippen MR) is 102 cm³/mol. The van der Waals surface area contributed by atoms with Gasteiger partial charge in [0.15, 0.2) is 0 Å². The zero-order valence-electron chi connectivity index (χ0n) is 15.7. The molecule has 0 aliphatic heterocycles. The van der Waals surface area contributed by atoms with Crippen LogP contribution in [0.5, 0.6) is 5.75 Å². The largest absolute Gasteiger partial charge is 0.497 e. The Bertz CT molecular complexity index is 904. The molecule has 2 rings (SSSR count). The number of nitrogens with one attached hydrogen (secondary N) is 1. The maximum absolute atomic E-state index is 12.4. The lowest BCUT2D eigenvalue weighted by Gasteiger charge is -2.16. The van der Waals surface area contributed by atoms with Gasteiger partial charge in [-0.1, -0.05) is 12.1 Å². The van der Waals surface area contributed by atoms with Gasteiger partial charge in [-0.05, 0) is 54.8 Å².